The van der Waals surface area contributed by atoms with Gasteiger partial charge in [-0.2, -0.15) is 0 Å². The van der Waals surface area contributed by atoms with Crippen LogP contribution in [0.3, 0.4) is 0 Å². The molecule has 2 aromatic rings. The van der Waals surface area contributed by atoms with Crippen LogP contribution in [0.1, 0.15) is 45.9 Å². The van der Waals surface area contributed by atoms with Crippen LogP contribution >= 0.6 is 0 Å². The molecular formula is C24H31N3. The molecule has 0 spiro atoms. The van der Waals surface area contributed by atoms with Crippen LogP contribution in [0.5, 0.6) is 0 Å². The Bertz CT molecular complexity index is 877. The van der Waals surface area contributed by atoms with Gasteiger partial charge in [0.15, 0.2) is 0 Å². The van der Waals surface area contributed by atoms with E-state index in [0.29, 0.717) is 11.8 Å². The third kappa shape index (κ3) is 4.13. The molecule has 1 aliphatic heterocycles. The van der Waals surface area contributed by atoms with Crippen LogP contribution in [-0.2, 0) is 19.4 Å². The number of aryl methyl sites for hydroxylation is 1. The second-order valence-corrected chi connectivity index (χ2v) is 8.07. The fourth-order valence-electron chi connectivity index (χ4n) is 3.41. The summed E-state index contributed by atoms with van der Waals surface area (Å²) in [4.78, 5) is 9.67. The molecule has 3 nitrogen and oxygen atoms in total. The van der Waals surface area contributed by atoms with Gasteiger partial charge in [0.1, 0.15) is 5.82 Å². The minimum Gasteiger partial charge on any atom is -0.332 e. The number of allylic oxidation sites excluding steroid dienone is 3. The van der Waals surface area contributed by atoms with Gasteiger partial charge in [0.2, 0.25) is 0 Å². The molecule has 3 heteroatoms. The average Bonchev–Trinajstić information content (AvgIpc) is 2.83. The summed E-state index contributed by atoms with van der Waals surface area (Å²) in [7, 11) is 0. The van der Waals surface area contributed by atoms with E-state index in [1.54, 1.807) is 0 Å². The highest BCUT2D eigenvalue weighted by atomic mass is 15.1. The monoisotopic (exact) mass is 361 g/mol. The van der Waals surface area contributed by atoms with Crippen molar-refractivity contribution in [1.82, 2.24) is 9.55 Å². The van der Waals surface area contributed by atoms with Crippen LogP contribution in [0.2, 0.25) is 0 Å². The maximum absolute atomic E-state index is 5.07. The number of nitrogens with zero attached hydrogens (tertiary/aromatic N) is 3. The number of aliphatic imine (C=N–C) groups is 1. The van der Waals surface area contributed by atoms with Crippen molar-refractivity contribution in [2.45, 2.75) is 54.0 Å². The van der Waals surface area contributed by atoms with E-state index in [0.717, 1.165) is 42.2 Å². The second kappa shape index (κ2) is 8.08. The first-order valence-electron chi connectivity index (χ1n) is 10.0. The van der Waals surface area contributed by atoms with Gasteiger partial charge in [0.25, 0.3) is 0 Å². The predicted molar refractivity (Wildman–Crippen MR) is 116 cm³/mol. The van der Waals surface area contributed by atoms with Gasteiger partial charge < -0.3 is 4.57 Å². The molecule has 0 aliphatic carbocycles. The summed E-state index contributed by atoms with van der Waals surface area (Å²) in [6.07, 6.45) is 10.4. The van der Waals surface area contributed by atoms with E-state index in [2.05, 4.69) is 81.2 Å². The summed E-state index contributed by atoms with van der Waals surface area (Å²) in [5.41, 5.74) is 6.90. The molecule has 1 aliphatic rings. The van der Waals surface area contributed by atoms with Crippen molar-refractivity contribution in [3.05, 3.63) is 60.1 Å². The number of rotatable bonds is 6. The largest absolute Gasteiger partial charge is 0.332 e. The SMILES string of the molecule is C=C(C1=Nc2c(c(-c3ccc(CC)nc3)cn2CC(C)C)CC=C1)C(C)C. The smallest absolute Gasteiger partial charge is 0.137 e. The number of fused-ring (bicyclic) bond motifs is 1. The van der Waals surface area contributed by atoms with E-state index >= 15 is 0 Å². The fraction of sp³-hybridized carbons (Fsp3) is 0.417. The molecule has 0 aromatic carbocycles. The molecule has 27 heavy (non-hydrogen) atoms. The van der Waals surface area contributed by atoms with Crippen LogP contribution in [-0.4, -0.2) is 15.3 Å². The van der Waals surface area contributed by atoms with E-state index in [1.807, 2.05) is 6.20 Å². The van der Waals surface area contributed by atoms with Crippen molar-refractivity contribution in [3.8, 4) is 11.1 Å². The van der Waals surface area contributed by atoms with Gasteiger partial charge in [-0.15, -0.1) is 0 Å². The molecule has 0 N–H and O–H groups in total. The van der Waals surface area contributed by atoms with E-state index < -0.39 is 0 Å². The number of aromatic nitrogens is 2. The molecule has 2 aromatic heterocycles. The highest BCUT2D eigenvalue weighted by molar-refractivity contribution is 6.10. The van der Waals surface area contributed by atoms with E-state index in [4.69, 9.17) is 4.99 Å². The summed E-state index contributed by atoms with van der Waals surface area (Å²) < 4.78 is 2.31. The molecule has 0 saturated carbocycles. The van der Waals surface area contributed by atoms with Crippen molar-refractivity contribution in [3.63, 3.8) is 0 Å². The molecule has 0 bridgehead atoms. The lowest BCUT2D eigenvalue weighted by Crippen LogP contribution is -2.06. The van der Waals surface area contributed by atoms with Crippen molar-refractivity contribution in [2.24, 2.45) is 16.8 Å². The fourth-order valence-corrected chi connectivity index (χ4v) is 3.41. The van der Waals surface area contributed by atoms with Gasteiger partial charge in [-0.1, -0.05) is 53.3 Å². The number of hydrogen-bond acceptors (Lipinski definition) is 2. The minimum atomic E-state index is 0.383. The Hall–Kier alpha value is -2.42. The first-order chi connectivity index (χ1) is 12.9. The lowest BCUT2D eigenvalue weighted by atomic mass is 10.00. The molecular weight excluding hydrogens is 330 g/mol. The zero-order valence-corrected chi connectivity index (χ0v) is 17.3. The minimum absolute atomic E-state index is 0.383. The Morgan fingerprint density at radius 3 is 2.59 bits per heavy atom. The van der Waals surface area contributed by atoms with Crippen molar-refractivity contribution in [1.29, 1.82) is 0 Å². The Labute approximate surface area is 163 Å². The maximum atomic E-state index is 5.07. The third-order valence-corrected chi connectivity index (χ3v) is 5.06. The predicted octanol–water partition coefficient (Wildman–Crippen LogP) is 6.17. The normalized spacial score (nSPS) is 13.7. The zero-order valence-electron chi connectivity index (χ0n) is 17.3. The maximum Gasteiger partial charge on any atom is 0.137 e. The number of pyridine rings is 1. The van der Waals surface area contributed by atoms with Gasteiger partial charge in [-0.25, -0.2) is 4.99 Å². The van der Waals surface area contributed by atoms with Gasteiger partial charge in [0, 0.05) is 41.3 Å². The molecule has 0 radical (unpaired) electrons. The molecule has 0 unspecified atom stereocenters. The molecule has 0 saturated heterocycles. The standard InChI is InChI=1S/C24H31N3/c1-7-20-12-11-19(13-25-20)22-15-27(14-16(2)3)24-21(22)9-8-10-23(26-24)18(6)17(4)5/h8,10-13,15-17H,6-7,9,14H2,1-5H3. The molecule has 3 rings (SSSR count). The van der Waals surface area contributed by atoms with Crippen LogP contribution < -0.4 is 0 Å². The average molecular weight is 362 g/mol. The van der Waals surface area contributed by atoms with Crippen molar-refractivity contribution >= 4 is 11.5 Å². The van der Waals surface area contributed by atoms with E-state index in [1.165, 1.54) is 16.7 Å². The van der Waals surface area contributed by atoms with Gasteiger partial charge >= 0.3 is 0 Å². The molecule has 0 atom stereocenters. The van der Waals surface area contributed by atoms with E-state index in [-0.39, 0.29) is 0 Å². The molecule has 0 amide bonds. The quantitative estimate of drug-likeness (QED) is 0.605. The zero-order chi connectivity index (χ0) is 19.6. The molecule has 3 heterocycles. The highest BCUT2D eigenvalue weighted by Crippen LogP contribution is 2.36. The molecule has 0 fully saturated rings. The van der Waals surface area contributed by atoms with Crippen LogP contribution in [0, 0.1) is 11.8 Å². The van der Waals surface area contributed by atoms with Crippen molar-refractivity contribution in [2.75, 3.05) is 0 Å². The third-order valence-electron chi connectivity index (χ3n) is 5.06. The van der Waals surface area contributed by atoms with Crippen LogP contribution in [0.4, 0.5) is 5.82 Å². The Morgan fingerprint density at radius 1 is 1.22 bits per heavy atom. The van der Waals surface area contributed by atoms with Crippen LogP contribution in [0.15, 0.2) is 53.8 Å². The van der Waals surface area contributed by atoms with Gasteiger partial charge in [0.05, 0.1) is 5.71 Å². The Balaban J connectivity index is 2.13. The first-order valence-corrected chi connectivity index (χ1v) is 10.0. The summed E-state index contributed by atoms with van der Waals surface area (Å²) >= 11 is 0. The van der Waals surface area contributed by atoms with Gasteiger partial charge in [-0.05, 0) is 42.4 Å². The highest BCUT2D eigenvalue weighted by Gasteiger charge is 2.20. The lowest BCUT2D eigenvalue weighted by Gasteiger charge is -2.12. The molecule has 142 valence electrons. The summed E-state index contributed by atoms with van der Waals surface area (Å²) in [6, 6.07) is 4.32. The van der Waals surface area contributed by atoms with Crippen LogP contribution in [0.25, 0.3) is 11.1 Å². The van der Waals surface area contributed by atoms with E-state index in [9.17, 15) is 0 Å². The summed E-state index contributed by atoms with van der Waals surface area (Å²) in [6.45, 7) is 16.2. The number of hydrogen-bond donors (Lipinski definition) is 0. The summed E-state index contributed by atoms with van der Waals surface area (Å²) in [5.74, 6) is 2.01. The first kappa shape index (κ1) is 19.3. The topological polar surface area (TPSA) is 30.2 Å². The Kier molecular flexibility index (Phi) is 5.79. The van der Waals surface area contributed by atoms with Crippen molar-refractivity contribution < 1.29 is 0 Å². The lowest BCUT2D eigenvalue weighted by molar-refractivity contribution is 0.527. The summed E-state index contributed by atoms with van der Waals surface area (Å²) in [5, 5.41) is 0. The second-order valence-electron chi connectivity index (χ2n) is 8.07. The Morgan fingerprint density at radius 2 is 2.00 bits per heavy atom. The van der Waals surface area contributed by atoms with Gasteiger partial charge in [-0.3, -0.25) is 4.98 Å².